The first-order chi connectivity index (χ1) is 13.3. The maximum absolute atomic E-state index is 13.2. The number of ether oxygens (including phenoxy) is 2. The van der Waals surface area contributed by atoms with Crippen molar-refractivity contribution >= 4 is 34.8 Å². The van der Waals surface area contributed by atoms with E-state index in [4.69, 9.17) is 23.2 Å². The average Bonchev–Trinajstić information content (AvgIpc) is 2.96. The van der Waals surface area contributed by atoms with Crippen molar-refractivity contribution in [3.63, 3.8) is 0 Å². The van der Waals surface area contributed by atoms with Crippen molar-refractivity contribution in [3.8, 4) is 22.6 Å². The minimum Gasteiger partial charge on any atom is -0.395 e. The minimum absolute atomic E-state index is 0.134. The summed E-state index contributed by atoms with van der Waals surface area (Å²) in [7, 11) is 0. The summed E-state index contributed by atoms with van der Waals surface area (Å²) in [6, 6.07) is 12.5. The summed E-state index contributed by atoms with van der Waals surface area (Å²) >= 11 is 12.2. The average molecular weight is 423 g/mol. The molecule has 1 amide bonds. The Morgan fingerprint density at radius 3 is 2.39 bits per heavy atom. The highest BCUT2D eigenvalue weighted by Crippen LogP contribution is 2.45. The van der Waals surface area contributed by atoms with Gasteiger partial charge in [0.05, 0.1) is 15.7 Å². The summed E-state index contributed by atoms with van der Waals surface area (Å²) < 4.78 is 35.2. The van der Waals surface area contributed by atoms with E-state index in [-0.39, 0.29) is 22.2 Å². The maximum Gasteiger partial charge on any atom is 0.586 e. The molecule has 0 saturated heterocycles. The van der Waals surface area contributed by atoms with Crippen LogP contribution in [0.5, 0.6) is 11.5 Å². The van der Waals surface area contributed by atoms with Crippen LogP contribution in [0.15, 0.2) is 54.7 Å². The summed E-state index contributed by atoms with van der Waals surface area (Å²) in [6.07, 6.45) is -2.33. The second kappa shape index (κ2) is 6.92. The zero-order valence-electron chi connectivity index (χ0n) is 13.9. The molecule has 0 bridgehead atoms. The molecule has 0 atom stereocenters. The van der Waals surface area contributed by atoms with Gasteiger partial charge in [0.25, 0.3) is 5.91 Å². The molecule has 0 aliphatic carbocycles. The molecule has 2 heterocycles. The van der Waals surface area contributed by atoms with Crippen LogP contribution < -0.4 is 14.8 Å². The fraction of sp³-hybridized carbons (Fsp3) is 0.0526. The molecular formula is C19H10Cl2F2N2O3. The van der Waals surface area contributed by atoms with Crippen LogP contribution >= 0.6 is 23.2 Å². The van der Waals surface area contributed by atoms with Gasteiger partial charge in [-0.25, -0.2) is 0 Å². The molecule has 0 fully saturated rings. The fourth-order valence-corrected chi connectivity index (χ4v) is 3.07. The first-order valence-electron chi connectivity index (χ1n) is 7.94. The van der Waals surface area contributed by atoms with Crippen molar-refractivity contribution in [2.75, 3.05) is 5.32 Å². The van der Waals surface area contributed by atoms with Crippen LogP contribution in [0.1, 0.15) is 10.5 Å². The van der Waals surface area contributed by atoms with Gasteiger partial charge in [-0.3, -0.25) is 9.78 Å². The summed E-state index contributed by atoms with van der Waals surface area (Å²) in [6.45, 7) is 0. The van der Waals surface area contributed by atoms with Gasteiger partial charge in [0.1, 0.15) is 5.69 Å². The molecular weight excluding hydrogens is 413 g/mol. The Balaban J connectivity index is 1.57. The Bertz CT molecular complexity index is 1080. The van der Waals surface area contributed by atoms with Crippen molar-refractivity contribution in [2.24, 2.45) is 0 Å². The fourth-order valence-electron chi connectivity index (χ4n) is 2.63. The topological polar surface area (TPSA) is 60.5 Å². The van der Waals surface area contributed by atoms with Gasteiger partial charge in [0, 0.05) is 23.4 Å². The number of alkyl halides is 2. The van der Waals surface area contributed by atoms with Crippen LogP contribution in [-0.2, 0) is 0 Å². The largest absolute Gasteiger partial charge is 0.586 e. The van der Waals surface area contributed by atoms with E-state index in [1.807, 2.05) is 0 Å². The molecule has 5 nitrogen and oxygen atoms in total. The van der Waals surface area contributed by atoms with E-state index in [9.17, 15) is 13.6 Å². The van der Waals surface area contributed by atoms with E-state index < -0.39 is 12.2 Å². The molecule has 4 rings (SSSR count). The molecule has 1 N–H and O–H groups in total. The minimum atomic E-state index is -3.73. The van der Waals surface area contributed by atoms with Crippen LogP contribution in [0.4, 0.5) is 14.5 Å². The van der Waals surface area contributed by atoms with E-state index in [0.29, 0.717) is 21.8 Å². The summed E-state index contributed by atoms with van der Waals surface area (Å²) in [5, 5.41) is 3.24. The lowest BCUT2D eigenvalue weighted by Crippen LogP contribution is -2.25. The van der Waals surface area contributed by atoms with Crippen molar-refractivity contribution in [3.05, 3.63) is 70.5 Å². The predicted octanol–water partition coefficient (Wildman–Crippen LogP) is 5.63. The number of nitrogens with one attached hydrogen (secondary N) is 1. The van der Waals surface area contributed by atoms with Gasteiger partial charge >= 0.3 is 6.29 Å². The number of hydrogen-bond acceptors (Lipinski definition) is 4. The molecule has 1 aliphatic heterocycles. The van der Waals surface area contributed by atoms with Crippen LogP contribution in [0.2, 0.25) is 10.0 Å². The van der Waals surface area contributed by atoms with Crippen LogP contribution in [0.3, 0.4) is 0 Å². The van der Waals surface area contributed by atoms with Gasteiger partial charge in [0.2, 0.25) is 0 Å². The molecule has 1 aromatic heterocycles. The van der Waals surface area contributed by atoms with Gasteiger partial charge in [0.15, 0.2) is 11.5 Å². The van der Waals surface area contributed by atoms with Crippen LogP contribution in [0.25, 0.3) is 11.1 Å². The number of para-hydroxylation sites is 1. The third-order valence-electron chi connectivity index (χ3n) is 3.92. The molecule has 142 valence electrons. The summed E-state index contributed by atoms with van der Waals surface area (Å²) in [5.74, 6) is -0.733. The van der Waals surface area contributed by atoms with Gasteiger partial charge in [-0.05, 0) is 24.3 Å². The Labute approximate surface area is 167 Å². The maximum atomic E-state index is 13.2. The highest BCUT2D eigenvalue weighted by molar-refractivity contribution is 6.34. The number of benzene rings is 2. The molecule has 2 aromatic carbocycles. The quantitative estimate of drug-likeness (QED) is 0.594. The van der Waals surface area contributed by atoms with E-state index >= 15 is 0 Å². The lowest BCUT2D eigenvalue weighted by atomic mass is 10.1. The summed E-state index contributed by atoms with van der Waals surface area (Å²) in [5.41, 5.74) is 1.53. The number of carbonyl (C=O) groups is 1. The molecule has 3 aromatic rings. The Morgan fingerprint density at radius 1 is 1.00 bits per heavy atom. The lowest BCUT2D eigenvalue weighted by molar-refractivity contribution is -0.286. The summed E-state index contributed by atoms with van der Waals surface area (Å²) in [4.78, 5) is 16.4. The van der Waals surface area contributed by atoms with Crippen molar-refractivity contribution < 1.29 is 23.0 Å². The monoisotopic (exact) mass is 422 g/mol. The number of halogens is 4. The second-order valence-electron chi connectivity index (χ2n) is 5.81. The Hall–Kier alpha value is -2.90. The smallest absolute Gasteiger partial charge is 0.395 e. The Morgan fingerprint density at radius 2 is 1.71 bits per heavy atom. The highest BCUT2D eigenvalue weighted by atomic mass is 35.5. The number of anilines is 1. The standard InChI is InChI=1S/C19H10Cl2F2N2O3/c20-12-3-1-2-4-14(12)25-18(26)15-6-5-10(9-24-15)11-7-16-17(8-13(11)21)28-19(22,23)27-16/h1-9H,(H,25,26). The number of aromatic nitrogens is 1. The number of fused-ring (bicyclic) bond motifs is 1. The number of rotatable bonds is 3. The highest BCUT2D eigenvalue weighted by Gasteiger charge is 2.43. The first-order valence-corrected chi connectivity index (χ1v) is 8.70. The van der Waals surface area contributed by atoms with E-state index in [1.165, 1.54) is 24.4 Å². The van der Waals surface area contributed by atoms with Crippen molar-refractivity contribution in [1.82, 2.24) is 4.98 Å². The zero-order valence-corrected chi connectivity index (χ0v) is 15.4. The molecule has 0 radical (unpaired) electrons. The predicted molar refractivity (Wildman–Crippen MR) is 100 cm³/mol. The third-order valence-corrected chi connectivity index (χ3v) is 4.56. The normalized spacial score (nSPS) is 14.0. The molecule has 1 aliphatic rings. The van der Waals surface area contributed by atoms with E-state index in [2.05, 4.69) is 19.8 Å². The first kappa shape index (κ1) is 18.5. The zero-order chi connectivity index (χ0) is 19.9. The van der Waals surface area contributed by atoms with E-state index in [1.54, 1.807) is 30.3 Å². The Kier molecular flexibility index (Phi) is 4.56. The molecule has 0 saturated carbocycles. The lowest BCUT2D eigenvalue weighted by Gasteiger charge is -2.08. The van der Waals surface area contributed by atoms with Gasteiger partial charge < -0.3 is 14.8 Å². The number of carbonyl (C=O) groups excluding carboxylic acids is 1. The number of nitrogens with zero attached hydrogens (tertiary/aromatic N) is 1. The van der Waals surface area contributed by atoms with Gasteiger partial charge in [-0.2, -0.15) is 0 Å². The van der Waals surface area contributed by atoms with Crippen molar-refractivity contribution in [2.45, 2.75) is 6.29 Å². The van der Waals surface area contributed by atoms with Crippen LogP contribution in [0, 0.1) is 0 Å². The number of amides is 1. The van der Waals surface area contributed by atoms with Crippen molar-refractivity contribution in [1.29, 1.82) is 0 Å². The van der Waals surface area contributed by atoms with E-state index in [0.717, 1.165) is 0 Å². The number of hydrogen-bond donors (Lipinski definition) is 1. The number of pyridine rings is 1. The van der Waals surface area contributed by atoms with Crippen LogP contribution in [-0.4, -0.2) is 17.2 Å². The molecule has 0 unspecified atom stereocenters. The van der Waals surface area contributed by atoms with Gasteiger partial charge in [-0.15, -0.1) is 8.78 Å². The second-order valence-corrected chi connectivity index (χ2v) is 6.63. The molecule has 0 spiro atoms. The van der Waals surface area contributed by atoms with Gasteiger partial charge in [-0.1, -0.05) is 41.4 Å². The molecule has 9 heteroatoms. The molecule has 28 heavy (non-hydrogen) atoms. The third kappa shape index (κ3) is 3.58. The SMILES string of the molecule is O=C(Nc1ccccc1Cl)c1ccc(-c2cc3c(cc2Cl)OC(F)(F)O3)cn1.